The molecule has 0 aromatic heterocycles. The summed E-state index contributed by atoms with van der Waals surface area (Å²) in [6, 6.07) is 0. The average molecular weight is 354 g/mol. The van der Waals surface area contributed by atoms with E-state index in [-0.39, 0.29) is 0 Å². The van der Waals surface area contributed by atoms with E-state index in [2.05, 4.69) is 20.8 Å². The van der Waals surface area contributed by atoms with E-state index in [0.29, 0.717) is 11.3 Å². The Morgan fingerprint density at radius 3 is 1.33 bits per heavy atom. The Labute approximate surface area is 152 Å². The molecule has 0 bridgehead atoms. The maximum absolute atomic E-state index is 7.43. The summed E-state index contributed by atoms with van der Waals surface area (Å²) in [5.74, 6) is 0. The Bertz CT molecular complexity index is 350. The molecule has 0 N–H and O–H groups in total. The number of hydrogen-bond donors (Lipinski definition) is 0. The Hall–Kier alpha value is 0.390. The third kappa shape index (κ3) is 4.03. The normalized spacial score (nSPS) is 26.6. The van der Waals surface area contributed by atoms with Gasteiger partial charge in [-0.25, -0.2) is 4.52 Å². The first kappa shape index (κ1) is 19.2. The van der Waals surface area contributed by atoms with E-state index in [1.807, 2.05) is 0 Å². The fourth-order valence-electron chi connectivity index (χ4n) is 6.07. The van der Waals surface area contributed by atoms with Crippen molar-refractivity contribution in [3.8, 4) is 0 Å². The zero-order valence-corrected chi connectivity index (χ0v) is 17.6. The first-order valence-corrected chi connectivity index (χ1v) is 13.0. The molecular formula is C22H42OP+. The van der Waals surface area contributed by atoms with Crippen LogP contribution in [0.1, 0.15) is 117 Å². The molecule has 3 saturated carbocycles. The van der Waals surface area contributed by atoms with E-state index in [1.165, 1.54) is 96.3 Å². The van der Waals surface area contributed by atoms with Crippen molar-refractivity contribution in [1.29, 1.82) is 0 Å². The minimum Gasteiger partial charge on any atom is -0.234 e. The SMILES string of the molecule is CC(C)(C)[P+](OC1CCCCC1)(C1CCCCC1)C1CCCCC1. The molecular weight excluding hydrogens is 311 g/mol. The second kappa shape index (κ2) is 8.39. The Kier molecular flexibility index (Phi) is 6.70. The Morgan fingerprint density at radius 2 is 0.958 bits per heavy atom. The van der Waals surface area contributed by atoms with Crippen molar-refractivity contribution in [2.45, 2.75) is 140 Å². The summed E-state index contributed by atoms with van der Waals surface area (Å²) in [5, 5.41) is 0.370. The maximum Gasteiger partial charge on any atom is 0.157 e. The van der Waals surface area contributed by atoms with Crippen molar-refractivity contribution in [2.24, 2.45) is 0 Å². The van der Waals surface area contributed by atoms with Crippen molar-refractivity contribution in [1.82, 2.24) is 0 Å². The highest BCUT2D eigenvalue weighted by atomic mass is 31.2. The summed E-state index contributed by atoms with van der Waals surface area (Å²) >= 11 is 0. The summed E-state index contributed by atoms with van der Waals surface area (Å²) in [7, 11) is -1.40. The van der Waals surface area contributed by atoms with Crippen LogP contribution < -0.4 is 0 Å². The number of hydrogen-bond acceptors (Lipinski definition) is 1. The van der Waals surface area contributed by atoms with Gasteiger partial charge in [-0.15, -0.1) is 0 Å². The fourth-order valence-corrected chi connectivity index (χ4v) is 12.5. The van der Waals surface area contributed by atoms with Crippen LogP contribution in [0.4, 0.5) is 0 Å². The summed E-state index contributed by atoms with van der Waals surface area (Å²) in [6.45, 7) is 7.65. The van der Waals surface area contributed by atoms with Gasteiger partial charge in [0.2, 0.25) is 0 Å². The zero-order chi connectivity index (χ0) is 17.0. The quantitative estimate of drug-likeness (QED) is 0.470. The smallest absolute Gasteiger partial charge is 0.157 e. The fraction of sp³-hybridized carbons (Fsp3) is 1.00. The molecule has 3 rings (SSSR count). The molecule has 3 aliphatic rings. The molecule has 3 aliphatic carbocycles. The van der Waals surface area contributed by atoms with E-state index in [4.69, 9.17) is 4.52 Å². The largest absolute Gasteiger partial charge is 0.234 e. The highest BCUT2D eigenvalue weighted by Crippen LogP contribution is 2.80. The van der Waals surface area contributed by atoms with Gasteiger partial charge in [0.05, 0.1) is 16.5 Å². The second-order valence-corrected chi connectivity index (χ2v) is 14.3. The predicted octanol–water partition coefficient (Wildman–Crippen LogP) is 7.73. The maximum atomic E-state index is 7.43. The molecule has 0 radical (unpaired) electrons. The van der Waals surface area contributed by atoms with Gasteiger partial charge in [0.25, 0.3) is 0 Å². The first-order chi connectivity index (χ1) is 11.5. The van der Waals surface area contributed by atoms with E-state index in [0.717, 1.165) is 11.3 Å². The van der Waals surface area contributed by atoms with Gasteiger partial charge >= 0.3 is 0 Å². The van der Waals surface area contributed by atoms with Crippen LogP contribution in [0.3, 0.4) is 0 Å². The monoisotopic (exact) mass is 353 g/mol. The molecule has 1 nitrogen and oxygen atoms in total. The Balaban J connectivity index is 1.90. The van der Waals surface area contributed by atoms with Crippen LogP contribution in [-0.2, 0) is 4.52 Å². The lowest BCUT2D eigenvalue weighted by molar-refractivity contribution is 0.151. The minimum absolute atomic E-state index is 0.370. The van der Waals surface area contributed by atoms with Crippen molar-refractivity contribution in [2.75, 3.05) is 0 Å². The molecule has 0 aromatic carbocycles. The van der Waals surface area contributed by atoms with Gasteiger partial charge in [0.1, 0.15) is 6.10 Å². The first-order valence-electron chi connectivity index (χ1n) is 11.1. The van der Waals surface area contributed by atoms with Crippen molar-refractivity contribution >= 4 is 7.49 Å². The van der Waals surface area contributed by atoms with Gasteiger partial charge in [-0.1, -0.05) is 32.1 Å². The van der Waals surface area contributed by atoms with Crippen LogP contribution in [0.2, 0.25) is 0 Å². The molecule has 0 spiro atoms. The van der Waals surface area contributed by atoms with Crippen LogP contribution in [0.15, 0.2) is 0 Å². The minimum atomic E-state index is -1.40. The lowest BCUT2D eigenvalue weighted by atomic mass is 9.98. The lowest BCUT2D eigenvalue weighted by Crippen LogP contribution is -2.41. The molecule has 0 unspecified atom stereocenters. The molecule has 0 amide bonds. The highest BCUT2D eigenvalue weighted by Gasteiger charge is 2.62. The molecule has 0 aliphatic heterocycles. The van der Waals surface area contributed by atoms with Crippen LogP contribution in [-0.4, -0.2) is 22.6 Å². The van der Waals surface area contributed by atoms with Crippen LogP contribution in [0.25, 0.3) is 0 Å². The van der Waals surface area contributed by atoms with Crippen LogP contribution in [0.5, 0.6) is 0 Å². The van der Waals surface area contributed by atoms with Gasteiger partial charge in [0.15, 0.2) is 7.49 Å². The summed E-state index contributed by atoms with van der Waals surface area (Å²) in [5.41, 5.74) is 1.83. The third-order valence-corrected chi connectivity index (χ3v) is 13.1. The van der Waals surface area contributed by atoms with Crippen LogP contribution >= 0.6 is 7.49 Å². The molecule has 0 saturated heterocycles. The van der Waals surface area contributed by atoms with Crippen LogP contribution in [0, 0.1) is 0 Å². The standard InChI is InChI=1S/C22H42OP/c1-22(2,3)24(20-15-9-5-10-16-20,21-17-11-6-12-18-21)23-19-13-7-4-8-14-19/h19-21H,4-18H2,1-3H3/q+1. The van der Waals surface area contributed by atoms with E-state index in [9.17, 15) is 0 Å². The predicted molar refractivity (Wildman–Crippen MR) is 108 cm³/mol. The summed E-state index contributed by atoms with van der Waals surface area (Å²) in [6.07, 6.45) is 22.2. The summed E-state index contributed by atoms with van der Waals surface area (Å²) in [4.78, 5) is 0. The van der Waals surface area contributed by atoms with Gasteiger partial charge in [-0.3, -0.25) is 0 Å². The van der Waals surface area contributed by atoms with Gasteiger partial charge in [0, 0.05) is 0 Å². The molecule has 140 valence electrons. The van der Waals surface area contributed by atoms with Crippen molar-refractivity contribution in [3.63, 3.8) is 0 Å². The Morgan fingerprint density at radius 1 is 0.583 bits per heavy atom. The van der Waals surface area contributed by atoms with Gasteiger partial charge in [-0.05, 0) is 85.0 Å². The second-order valence-electron chi connectivity index (χ2n) is 9.83. The molecule has 3 fully saturated rings. The lowest BCUT2D eigenvalue weighted by Gasteiger charge is -2.50. The third-order valence-electron chi connectivity index (χ3n) is 7.16. The topological polar surface area (TPSA) is 9.23 Å². The molecule has 0 atom stereocenters. The van der Waals surface area contributed by atoms with Gasteiger partial charge < -0.3 is 0 Å². The van der Waals surface area contributed by atoms with E-state index >= 15 is 0 Å². The molecule has 0 heterocycles. The van der Waals surface area contributed by atoms with E-state index < -0.39 is 7.49 Å². The average Bonchev–Trinajstić information content (AvgIpc) is 2.61. The molecule has 0 aromatic rings. The van der Waals surface area contributed by atoms with Crippen molar-refractivity contribution in [3.05, 3.63) is 0 Å². The molecule has 24 heavy (non-hydrogen) atoms. The summed E-state index contributed by atoms with van der Waals surface area (Å²) < 4.78 is 7.43. The van der Waals surface area contributed by atoms with Crippen molar-refractivity contribution < 1.29 is 4.52 Å². The highest BCUT2D eigenvalue weighted by molar-refractivity contribution is 7.74. The van der Waals surface area contributed by atoms with Gasteiger partial charge in [-0.2, -0.15) is 0 Å². The number of rotatable bonds is 4. The van der Waals surface area contributed by atoms with E-state index in [1.54, 1.807) is 0 Å². The molecule has 2 heteroatoms. The zero-order valence-electron chi connectivity index (χ0n) is 16.7.